The minimum Gasteiger partial charge on any atom is -0.496 e. The van der Waals surface area contributed by atoms with Crippen LogP contribution in [0.2, 0.25) is 0 Å². The zero-order chi connectivity index (χ0) is 16.5. The molecule has 0 unspecified atom stereocenters. The van der Waals surface area contributed by atoms with E-state index in [2.05, 4.69) is 22.5 Å². The van der Waals surface area contributed by atoms with Crippen molar-refractivity contribution in [2.45, 2.75) is 32.7 Å². The van der Waals surface area contributed by atoms with Gasteiger partial charge in [-0.1, -0.05) is 31.5 Å². The molecule has 2 aromatic rings. The zero-order valence-corrected chi connectivity index (χ0v) is 13.6. The Morgan fingerprint density at radius 1 is 1.22 bits per heavy atom. The van der Waals surface area contributed by atoms with E-state index in [4.69, 9.17) is 4.74 Å². The Morgan fingerprint density at radius 2 is 2.04 bits per heavy atom. The SMILES string of the molecule is CCCCC(=O)Nc1ccc(NCc2ccccc2OC)nc1. The molecule has 0 saturated carbocycles. The maximum atomic E-state index is 11.7. The van der Waals surface area contributed by atoms with Crippen molar-refractivity contribution in [2.75, 3.05) is 17.7 Å². The number of anilines is 2. The van der Waals surface area contributed by atoms with E-state index in [1.807, 2.05) is 36.4 Å². The van der Waals surface area contributed by atoms with Crippen LogP contribution in [0.5, 0.6) is 5.75 Å². The van der Waals surface area contributed by atoms with Crippen LogP contribution in [0.4, 0.5) is 11.5 Å². The lowest BCUT2D eigenvalue weighted by atomic mass is 10.2. The molecule has 1 aromatic carbocycles. The summed E-state index contributed by atoms with van der Waals surface area (Å²) in [5.41, 5.74) is 1.78. The first-order valence-corrected chi connectivity index (χ1v) is 7.84. The topological polar surface area (TPSA) is 63.2 Å². The van der Waals surface area contributed by atoms with Gasteiger partial charge in [0.2, 0.25) is 5.91 Å². The van der Waals surface area contributed by atoms with Crippen LogP contribution in [0.15, 0.2) is 42.6 Å². The highest BCUT2D eigenvalue weighted by Crippen LogP contribution is 2.19. The third-order valence-corrected chi connectivity index (χ3v) is 3.46. The number of aromatic nitrogens is 1. The molecule has 122 valence electrons. The van der Waals surface area contributed by atoms with Crippen LogP contribution in [0.1, 0.15) is 31.7 Å². The minimum atomic E-state index is 0.0309. The first-order valence-electron chi connectivity index (χ1n) is 7.84. The zero-order valence-electron chi connectivity index (χ0n) is 13.6. The second-order valence-electron chi connectivity index (χ2n) is 5.25. The van der Waals surface area contributed by atoms with Crippen molar-refractivity contribution < 1.29 is 9.53 Å². The van der Waals surface area contributed by atoms with Crippen LogP contribution in [0, 0.1) is 0 Å². The number of hydrogen-bond donors (Lipinski definition) is 2. The number of benzene rings is 1. The molecule has 0 aliphatic carbocycles. The number of unbranched alkanes of at least 4 members (excludes halogenated alkanes) is 1. The number of para-hydroxylation sites is 1. The number of rotatable bonds is 8. The van der Waals surface area contributed by atoms with Gasteiger partial charge in [-0.25, -0.2) is 4.98 Å². The molecule has 0 spiro atoms. The van der Waals surface area contributed by atoms with Crippen molar-refractivity contribution in [1.29, 1.82) is 0 Å². The molecule has 5 heteroatoms. The Labute approximate surface area is 137 Å². The Kier molecular flexibility index (Phi) is 6.41. The number of amides is 1. The highest BCUT2D eigenvalue weighted by molar-refractivity contribution is 5.90. The molecule has 0 aliphatic heterocycles. The minimum absolute atomic E-state index is 0.0309. The van der Waals surface area contributed by atoms with E-state index in [0.29, 0.717) is 18.7 Å². The van der Waals surface area contributed by atoms with Crippen molar-refractivity contribution in [3.63, 3.8) is 0 Å². The van der Waals surface area contributed by atoms with Crippen LogP contribution < -0.4 is 15.4 Å². The van der Waals surface area contributed by atoms with Crippen LogP contribution in [-0.4, -0.2) is 18.0 Å². The van der Waals surface area contributed by atoms with Gasteiger partial charge in [-0.15, -0.1) is 0 Å². The van der Waals surface area contributed by atoms with Gasteiger partial charge in [-0.2, -0.15) is 0 Å². The molecular formula is C18H23N3O2. The van der Waals surface area contributed by atoms with Gasteiger partial charge < -0.3 is 15.4 Å². The van der Waals surface area contributed by atoms with E-state index >= 15 is 0 Å². The summed E-state index contributed by atoms with van der Waals surface area (Å²) in [5, 5.41) is 6.09. The predicted octanol–water partition coefficient (Wildman–Crippen LogP) is 3.83. The van der Waals surface area contributed by atoms with E-state index in [-0.39, 0.29) is 5.91 Å². The van der Waals surface area contributed by atoms with Crippen LogP contribution >= 0.6 is 0 Å². The standard InChI is InChI=1S/C18H23N3O2/c1-3-4-9-18(22)21-15-10-11-17(20-13-15)19-12-14-7-5-6-8-16(14)23-2/h5-8,10-11,13H,3-4,9,12H2,1-2H3,(H,19,20)(H,21,22). The largest absolute Gasteiger partial charge is 0.496 e. The van der Waals surface area contributed by atoms with Gasteiger partial charge in [-0.3, -0.25) is 4.79 Å². The van der Waals surface area contributed by atoms with Crippen molar-refractivity contribution in [2.24, 2.45) is 0 Å². The number of carbonyl (C=O) groups is 1. The van der Waals surface area contributed by atoms with Crippen molar-refractivity contribution in [3.05, 3.63) is 48.2 Å². The second kappa shape index (κ2) is 8.78. The molecule has 1 amide bonds. The highest BCUT2D eigenvalue weighted by Gasteiger charge is 2.04. The summed E-state index contributed by atoms with van der Waals surface area (Å²) in [5.74, 6) is 1.63. The molecule has 5 nitrogen and oxygen atoms in total. The molecule has 1 aromatic heterocycles. The van der Waals surface area contributed by atoms with Gasteiger partial charge >= 0.3 is 0 Å². The van der Waals surface area contributed by atoms with Crippen molar-refractivity contribution >= 4 is 17.4 Å². The average Bonchev–Trinajstić information content (AvgIpc) is 2.59. The Bertz CT molecular complexity index is 626. The number of pyridine rings is 1. The molecule has 2 N–H and O–H groups in total. The number of carbonyl (C=O) groups excluding carboxylic acids is 1. The summed E-state index contributed by atoms with van der Waals surface area (Å²) in [7, 11) is 1.66. The molecule has 0 fully saturated rings. The molecule has 1 heterocycles. The first kappa shape index (κ1) is 16.8. The summed E-state index contributed by atoms with van der Waals surface area (Å²) < 4.78 is 5.32. The number of nitrogens with zero attached hydrogens (tertiary/aromatic N) is 1. The summed E-state index contributed by atoms with van der Waals surface area (Å²) in [4.78, 5) is 16.0. The molecule has 0 bridgehead atoms. The van der Waals surface area contributed by atoms with Crippen molar-refractivity contribution in [1.82, 2.24) is 4.98 Å². The van der Waals surface area contributed by atoms with E-state index in [9.17, 15) is 4.79 Å². The molecule has 0 atom stereocenters. The Morgan fingerprint density at radius 3 is 2.74 bits per heavy atom. The summed E-state index contributed by atoms with van der Waals surface area (Å²) >= 11 is 0. The number of hydrogen-bond acceptors (Lipinski definition) is 4. The van der Waals surface area contributed by atoms with Crippen LogP contribution in [-0.2, 0) is 11.3 Å². The lowest BCUT2D eigenvalue weighted by Crippen LogP contribution is -2.11. The fourth-order valence-corrected chi connectivity index (χ4v) is 2.17. The molecule has 0 radical (unpaired) electrons. The fourth-order valence-electron chi connectivity index (χ4n) is 2.17. The van der Waals surface area contributed by atoms with Crippen LogP contribution in [0.25, 0.3) is 0 Å². The average molecular weight is 313 g/mol. The van der Waals surface area contributed by atoms with Gasteiger partial charge in [-0.05, 0) is 24.6 Å². The maximum Gasteiger partial charge on any atom is 0.224 e. The number of methoxy groups -OCH3 is 1. The lowest BCUT2D eigenvalue weighted by Gasteiger charge is -2.10. The third kappa shape index (κ3) is 5.29. The Balaban J connectivity index is 1.88. The third-order valence-electron chi connectivity index (χ3n) is 3.46. The molecule has 0 saturated heterocycles. The highest BCUT2D eigenvalue weighted by atomic mass is 16.5. The van der Waals surface area contributed by atoms with Gasteiger partial charge in [0.05, 0.1) is 19.0 Å². The quantitative estimate of drug-likeness (QED) is 0.777. The van der Waals surface area contributed by atoms with Crippen LogP contribution in [0.3, 0.4) is 0 Å². The molecular weight excluding hydrogens is 290 g/mol. The van der Waals surface area contributed by atoms with E-state index in [0.717, 1.165) is 30.0 Å². The van der Waals surface area contributed by atoms with E-state index < -0.39 is 0 Å². The first-order chi connectivity index (χ1) is 11.2. The molecule has 2 rings (SSSR count). The number of ether oxygens (including phenoxy) is 1. The summed E-state index contributed by atoms with van der Waals surface area (Å²) in [6.45, 7) is 2.69. The van der Waals surface area contributed by atoms with Gasteiger partial charge in [0.1, 0.15) is 11.6 Å². The van der Waals surface area contributed by atoms with E-state index in [1.54, 1.807) is 13.3 Å². The number of nitrogens with one attached hydrogen (secondary N) is 2. The molecule has 23 heavy (non-hydrogen) atoms. The fraction of sp³-hybridized carbons (Fsp3) is 0.333. The van der Waals surface area contributed by atoms with Gasteiger partial charge in [0, 0.05) is 18.5 Å². The van der Waals surface area contributed by atoms with Crippen molar-refractivity contribution in [3.8, 4) is 5.75 Å². The molecule has 0 aliphatic rings. The lowest BCUT2D eigenvalue weighted by molar-refractivity contribution is -0.116. The monoisotopic (exact) mass is 313 g/mol. The summed E-state index contributed by atoms with van der Waals surface area (Å²) in [6, 6.07) is 11.6. The summed E-state index contributed by atoms with van der Waals surface area (Å²) in [6.07, 6.45) is 4.12. The predicted molar refractivity (Wildman–Crippen MR) is 92.7 cm³/mol. The van der Waals surface area contributed by atoms with E-state index in [1.165, 1.54) is 0 Å². The van der Waals surface area contributed by atoms with Gasteiger partial charge in [0.25, 0.3) is 0 Å². The van der Waals surface area contributed by atoms with Gasteiger partial charge in [0.15, 0.2) is 0 Å². The second-order valence-corrected chi connectivity index (χ2v) is 5.25. The Hall–Kier alpha value is -2.56. The normalized spacial score (nSPS) is 10.2. The maximum absolute atomic E-state index is 11.7. The smallest absolute Gasteiger partial charge is 0.224 e.